The molecule has 0 aliphatic carbocycles. The third-order valence-corrected chi connectivity index (χ3v) is 10.4. The first-order valence-corrected chi connectivity index (χ1v) is 18.1. The summed E-state index contributed by atoms with van der Waals surface area (Å²) in [5.74, 6) is 1.95. The van der Waals surface area contributed by atoms with Crippen molar-refractivity contribution in [3.63, 3.8) is 0 Å². The summed E-state index contributed by atoms with van der Waals surface area (Å²) in [7, 11) is 0. The number of para-hydroxylation sites is 1. The molecule has 1 unspecified atom stereocenters. The first kappa shape index (κ1) is 31.5. The van der Waals surface area contributed by atoms with Gasteiger partial charge in [-0.05, 0) is 70.3 Å². The molecule has 1 aliphatic rings. The Kier molecular flexibility index (Phi) is 7.47. The fourth-order valence-corrected chi connectivity index (χ4v) is 7.73. The van der Waals surface area contributed by atoms with Gasteiger partial charge >= 0.3 is 0 Å². The van der Waals surface area contributed by atoms with E-state index < -0.39 is 6.17 Å². The zero-order chi connectivity index (χ0) is 36.2. The Morgan fingerprint density at radius 1 is 0.593 bits per heavy atom. The number of fused-ring (bicyclic) bond motifs is 5. The standard InChI is InChI=1S/C48H34N4O2/c1-29-44(38-25-24-36(27-43(38)53-29)35-23-20-31-12-5-6-13-34(31)26-35)40(28-49)48-51-46(33-21-18-32(19-22-33)30-10-3-2-4-11-30)50-47(52-48)39-15-9-17-42-45(39)37-14-7-8-16-41(37)54-42/h2-28,47H,49H2,1H3,(H,50,51,52)/b40-28+. The van der Waals surface area contributed by atoms with E-state index in [4.69, 9.17) is 24.6 Å². The molecular weight excluding hydrogens is 665 g/mol. The van der Waals surface area contributed by atoms with Gasteiger partial charge in [-0.2, -0.15) is 0 Å². The van der Waals surface area contributed by atoms with Gasteiger partial charge in [-0.1, -0.05) is 127 Å². The summed E-state index contributed by atoms with van der Waals surface area (Å²) < 4.78 is 12.8. The van der Waals surface area contributed by atoms with Crippen molar-refractivity contribution in [3.05, 3.63) is 186 Å². The average Bonchev–Trinajstić information content (AvgIpc) is 3.78. The van der Waals surface area contributed by atoms with Crippen molar-refractivity contribution >= 4 is 60.9 Å². The Hall–Kier alpha value is -7.18. The number of aryl methyl sites for hydroxylation is 1. The van der Waals surface area contributed by atoms with Crippen LogP contribution >= 0.6 is 0 Å². The molecule has 10 rings (SSSR count). The highest BCUT2D eigenvalue weighted by molar-refractivity contribution is 6.30. The number of nitrogens with zero attached hydrogens (tertiary/aromatic N) is 2. The second-order valence-corrected chi connectivity index (χ2v) is 13.6. The van der Waals surface area contributed by atoms with Crippen molar-refractivity contribution in [1.29, 1.82) is 0 Å². The van der Waals surface area contributed by atoms with Crippen LogP contribution in [0.1, 0.15) is 28.6 Å². The first-order valence-electron chi connectivity index (χ1n) is 18.1. The van der Waals surface area contributed by atoms with Crippen molar-refractivity contribution in [3.8, 4) is 22.3 Å². The summed E-state index contributed by atoms with van der Waals surface area (Å²) in [5, 5.41) is 9.08. The number of hydrogen-bond acceptors (Lipinski definition) is 6. The van der Waals surface area contributed by atoms with Gasteiger partial charge in [0.15, 0.2) is 5.84 Å². The van der Waals surface area contributed by atoms with Crippen molar-refractivity contribution in [2.75, 3.05) is 0 Å². The zero-order valence-corrected chi connectivity index (χ0v) is 29.5. The smallest absolute Gasteiger partial charge is 0.159 e. The number of amidine groups is 2. The van der Waals surface area contributed by atoms with E-state index >= 15 is 0 Å². The van der Waals surface area contributed by atoms with Crippen LogP contribution in [0.2, 0.25) is 0 Å². The highest BCUT2D eigenvalue weighted by Gasteiger charge is 2.28. The maximum Gasteiger partial charge on any atom is 0.159 e. The van der Waals surface area contributed by atoms with Crippen molar-refractivity contribution < 1.29 is 8.83 Å². The molecule has 3 heterocycles. The van der Waals surface area contributed by atoms with E-state index in [9.17, 15) is 0 Å². The second kappa shape index (κ2) is 12.8. The van der Waals surface area contributed by atoms with Crippen LogP contribution in [-0.4, -0.2) is 11.7 Å². The van der Waals surface area contributed by atoms with E-state index in [1.165, 1.54) is 10.8 Å². The lowest BCUT2D eigenvalue weighted by molar-refractivity contribution is 0.577. The average molecular weight is 699 g/mol. The Morgan fingerprint density at radius 3 is 2.13 bits per heavy atom. The Labute approximate surface area is 311 Å². The molecule has 258 valence electrons. The summed E-state index contributed by atoms with van der Waals surface area (Å²) >= 11 is 0. The summed E-state index contributed by atoms with van der Waals surface area (Å²) in [6.07, 6.45) is 1.13. The summed E-state index contributed by atoms with van der Waals surface area (Å²) in [6, 6.07) is 54.3. The fraction of sp³-hybridized carbons (Fsp3) is 0.0417. The van der Waals surface area contributed by atoms with Crippen molar-refractivity contribution in [1.82, 2.24) is 5.32 Å². The van der Waals surface area contributed by atoms with Crippen molar-refractivity contribution in [2.45, 2.75) is 13.1 Å². The van der Waals surface area contributed by atoms with Crippen LogP contribution in [0.5, 0.6) is 0 Å². The molecule has 2 aromatic heterocycles. The van der Waals surface area contributed by atoms with Crippen molar-refractivity contribution in [2.24, 2.45) is 15.7 Å². The van der Waals surface area contributed by atoms with E-state index in [0.717, 1.165) is 83.2 Å². The number of nitrogens with two attached hydrogens (primary N) is 1. The fourth-order valence-electron chi connectivity index (χ4n) is 7.73. The number of nitrogens with one attached hydrogen (secondary N) is 1. The Bertz CT molecular complexity index is 2990. The predicted octanol–water partition coefficient (Wildman–Crippen LogP) is 11.6. The monoisotopic (exact) mass is 698 g/mol. The number of hydrogen-bond donors (Lipinski definition) is 2. The van der Waals surface area contributed by atoms with Gasteiger partial charge in [-0.15, -0.1) is 0 Å². The minimum Gasteiger partial charge on any atom is -0.461 e. The molecule has 3 N–H and O–H groups in total. The van der Waals surface area contributed by atoms with Crippen LogP contribution in [0, 0.1) is 6.92 Å². The van der Waals surface area contributed by atoms with Gasteiger partial charge < -0.3 is 19.9 Å². The summed E-state index contributed by atoms with van der Waals surface area (Å²) in [6.45, 7) is 1.98. The largest absolute Gasteiger partial charge is 0.461 e. The number of furan rings is 2. The molecule has 54 heavy (non-hydrogen) atoms. The molecule has 0 amide bonds. The third-order valence-electron chi connectivity index (χ3n) is 10.4. The molecule has 1 aliphatic heterocycles. The van der Waals surface area contributed by atoms with E-state index in [-0.39, 0.29) is 0 Å². The minimum absolute atomic E-state index is 0.487. The molecule has 9 aromatic rings. The normalized spacial score (nSPS) is 14.8. The predicted molar refractivity (Wildman–Crippen MR) is 222 cm³/mol. The quantitative estimate of drug-likeness (QED) is 0.181. The van der Waals surface area contributed by atoms with Gasteiger partial charge in [-0.25, -0.2) is 9.98 Å². The highest BCUT2D eigenvalue weighted by atomic mass is 16.3. The number of aliphatic imine (C=N–C) groups is 2. The highest BCUT2D eigenvalue weighted by Crippen LogP contribution is 2.39. The molecular formula is C48H34N4O2. The lowest BCUT2D eigenvalue weighted by Gasteiger charge is -2.25. The van der Waals surface area contributed by atoms with Crippen LogP contribution in [0.25, 0.3) is 71.5 Å². The molecule has 0 radical (unpaired) electrons. The maximum absolute atomic E-state index is 6.55. The zero-order valence-electron chi connectivity index (χ0n) is 29.5. The molecule has 6 nitrogen and oxygen atoms in total. The maximum atomic E-state index is 6.55. The SMILES string of the molecule is Cc1oc2cc(-c3ccc4ccccc4c3)ccc2c1/C(=C\N)C1=NC(c2ccc(-c3ccccc3)cc2)=NC(c2cccc3oc4ccccc4c23)N1. The molecule has 0 saturated carbocycles. The first-order chi connectivity index (χ1) is 26.6. The Morgan fingerprint density at radius 2 is 1.28 bits per heavy atom. The van der Waals surface area contributed by atoms with E-state index in [0.29, 0.717) is 11.7 Å². The molecule has 7 aromatic carbocycles. The molecule has 6 heteroatoms. The summed E-state index contributed by atoms with van der Waals surface area (Å²) in [4.78, 5) is 10.4. The van der Waals surface area contributed by atoms with Gasteiger partial charge in [0, 0.05) is 44.6 Å². The van der Waals surface area contributed by atoms with Gasteiger partial charge in [0.2, 0.25) is 0 Å². The topological polar surface area (TPSA) is 89.0 Å². The second-order valence-electron chi connectivity index (χ2n) is 13.6. The van der Waals surface area contributed by atoms with Crippen LogP contribution < -0.4 is 11.1 Å². The summed E-state index contributed by atoms with van der Waals surface area (Å²) in [5.41, 5.74) is 16.9. The van der Waals surface area contributed by atoms with Gasteiger partial charge in [0.25, 0.3) is 0 Å². The van der Waals surface area contributed by atoms with Gasteiger partial charge in [-0.3, -0.25) is 0 Å². The third kappa shape index (κ3) is 5.35. The molecule has 1 atom stereocenters. The molecule has 0 fully saturated rings. The Balaban J connectivity index is 1.09. The van der Waals surface area contributed by atoms with Crippen LogP contribution in [0.3, 0.4) is 0 Å². The van der Waals surface area contributed by atoms with Gasteiger partial charge in [0.05, 0.1) is 0 Å². The van der Waals surface area contributed by atoms with Gasteiger partial charge in [0.1, 0.15) is 34.5 Å². The lowest BCUT2D eigenvalue weighted by atomic mass is 9.97. The lowest BCUT2D eigenvalue weighted by Crippen LogP contribution is -2.34. The van der Waals surface area contributed by atoms with Crippen LogP contribution in [0.4, 0.5) is 0 Å². The van der Waals surface area contributed by atoms with E-state index in [2.05, 4.69) is 115 Å². The minimum atomic E-state index is -0.487. The molecule has 0 bridgehead atoms. The number of rotatable bonds is 6. The van der Waals surface area contributed by atoms with E-state index in [1.807, 2.05) is 55.5 Å². The van der Waals surface area contributed by atoms with Crippen LogP contribution in [0.15, 0.2) is 183 Å². The molecule has 0 spiro atoms. The van der Waals surface area contributed by atoms with E-state index in [1.54, 1.807) is 6.20 Å². The van der Waals surface area contributed by atoms with Crippen LogP contribution in [-0.2, 0) is 0 Å². The number of benzene rings is 7. The molecule has 0 saturated heterocycles.